The summed E-state index contributed by atoms with van der Waals surface area (Å²) in [6, 6.07) is 24.8. The van der Waals surface area contributed by atoms with Gasteiger partial charge in [-0.2, -0.15) is 0 Å². The third-order valence-corrected chi connectivity index (χ3v) is 7.72. The number of para-hydroxylation sites is 4. The Morgan fingerprint density at radius 1 is 0.698 bits per heavy atom. The van der Waals surface area contributed by atoms with Gasteiger partial charge in [0.2, 0.25) is 0 Å². The molecule has 1 saturated carbocycles. The second-order valence-electron chi connectivity index (χ2n) is 10.8. The van der Waals surface area contributed by atoms with Crippen LogP contribution in [0.5, 0.6) is 23.0 Å². The highest BCUT2D eigenvalue weighted by Crippen LogP contribution is 2.38. The third kappa shape index (κ3) is 9.10. The van der Waals surface area contributed by atoms with Crippen LogP contribution in [0, 0.1) is 5.92 Å². The predicted molar refractivity (Wildman–Crippen MR) is 160 cm³/mol. The summed E-state index contributed by atoms with van der Waals surface area (Å²) in [6.45, 7) is 1.92. The molecule has 1 N–H and O–H groups in total. The topological polar surface area (TPSA) is 93.7 Å². The normalized spacial score (nSPS) is 18.0. The molecule has 230 valence electrons. The van der Waals surface area contributed by atoms with Gasteiger partial charge in [-0.05, 0) is 48.6 Å². The molecule has 0 aromatic heterocycles. The van der Waals surface area contributed by atoms with Crippen LogP contribution in [0.25, 0.3) is 0 Å². The van der Waals surface area contributed by atoms with Crippen LogP contribution in [-0.4, -0.2) is 57.8 Å². The van der Waals surface area contributed by atoms with E-state index in [1.54, 1.807) is 0 Å². The molecule has 43 heavy (non-hydrogen) atoms. The van der Waals surface area contributed by atoms with Crippen molar-refractivity contribution in [2.24, 2.45) is 5.92 Å². The minimum atomic E-state index is -0.933. The largest absolute Gasteiger partial charge is 0.487 e. The molecule has 0 unspecified atom stereocenters. The van der Waals surface area contributed by atoms with Gasteiger partial charge in [-0.25, -0.2) is 5.48 Å². The Hall–Kier alpha value is -3.79. The van der Waals surface area contributed by atoms with Crippen LogP contribution in [0.1, 0.15) is 37.7 Å². The van der Waals surface area contributed by atoms with Crippen molar-refractivity contribution in [1.82, 2.24) is 5.48 Å². The van der Waals surface area contributed by atoms with Crippen LogP contribution in [-0.2, 0) is 25.7 Å². The first kappa shape index (κ1) is 30.7. The Bertz CT molecular complexity index is 1210. The number of hydrogen-bond acceptors (Lipinski definition) is 8. The molecule has 1 fully saturated rings. The molecule has 1 heterocycles. The van der Waals surface area contributed by atoms with Crippen LogP contribution in [0.15, 0.2) is 78.9 Å². The first-order chi connectivity index (χ1) is 21.2. The van der Waals surface area contributed by atoms with Gasteiger partial charge < -0.3 is 28.4 Å². The zero-order valence-corrected chi connectivity index (χ0v) is 24.5. The lowest BCUT2D eigenvalue weighted by Crippen LogP contribution is -2.53. The molecule has 0 saturated heterocycles. The van der Waals surface area contributed by atoms with E-state index in [4.69, 9.17) is 33.3 Å². The Kier molecular flexibility index (Phi) is 11.5. The first-order valence-corrected chi connectivity index (χ1v) is 15.1. The summed E-state index contributed by atoms with van der Waals surface area (Å²) >= 11 is 0. The van der Waals surface area contributed by atoms with E-state index < -0.39 is 5.60 Å². The number of ether oxygens (including phenoxy) is 6. The van der Waals surface area contributed by atoms with Gasteiger partial charge >= 0.3 is 0 Å². The van der Waals surface area contributed by atoms with Gasteiger partial charge in [0, 0.05) is 0 Å². The van der Waals surface area contributed by atoms with Crippen molar-refractivity contribution >= 4 is 5.91 Å². The minimum Gasteiger partial charge on any atom is -0.487 e. The molecule has 9 nitrogen and oxygen atoms in total. The quantitative estimate of drug-likeness (QED) is 0.360. The fourth-order valence-electron chi connectivity index (χ4n) is 5.42. The number of nitrogens with one attached hydrogen (secondary N) is 1. The summed E-state index contributed by atoms with van der Waals surface area (Å²) < 4.78 is 37.1. The van der Waals surface area contributed by atoms with Crippen molar-refractivity contribution in [2.45, 2.75) is 44.3 Å². The van der Waals surface area contributed by atoms with Crippen molar-refractivity contribution in [1.29, 1.82) is 0 Å². The Labute approximate surface area is 253 Å². The molecule has 1 amide bonds. The van der Waals surface area contributed by atoms with Crippen LogP contribution in [0.2, 0.25) is 0 Å². The Balaban J connectivity index is 1.37. The van der Waals surface area contributed by atoms with E-state index in [1.807, 2.05) is 78.9 Å². The second kappa shape index (κ2) is 16.2. The second-order valence-corrected chi connectivity index (χ2v) is 10.8. The lowest BCUT2D eigenvalue weighted by molar-refractivity contribution is -0.164. The average molecular weight is 592 g/mol. The standard InChI is InChI=1S/C34H41NO8/c36-33(35-43-23-27-11-3-1-4-12-27)24-42-34(28-13-5-2-6-14-28)25-40-31-17-9-7-15-29(31)38-21-19-37-20-22-39-30-16-8-10-18-32(30)41-26-34/h1,3-4,7-12,15-18,28H,2,5-6,13-14,19-26H2,(H,35,36). The molecule has 2 aliphatic rings. The van der Waals surface area contributed by atoms with Crippen molar-refractivity contribution in [2.75, 3.05) is 46.2 Å². The monoisotopic (exact) mass is 591 g/mol. The molecule has 1 aliphatic heterocycles. The van der Waals surface area contributed by atoms with Crippen molar-refractivity contribution in [3.63, 3.8) is 0 Å². The van der Waals surface area contributed by atoms with Crippen LogP contribution in [0.3, 0.4) is 0 Å². The molecule has 9 heteroatoms. The number of amides is 1. The van der Waals surface area contributed by atoms with E-state index in [-0.39, 0.29) is 38.3 Å². The molecular formula is C34H41NO8. The van der Waals surface area contributed by atoms with Gasteiger partial charge in [-0.3, -0.25) is 9.63 Å². The summed E-state index contributed by atoms with van der Waals surface area (Å²) in [5.41, 5.74) is 2.54. The average Bonchev–Trinajstić information content (AvgIpc) is 3.05. The lowest BCUT2D eigenvalue weighted by atomic mass is 9.77. The summed E-state index contributed by atoms with van der Waals surface area (Å²) in [4.78, 5) is 18.4. The van der Waals surface area contributed by atoms with E-state index in [2.05, 4.69) is 5.48 Å². The molecule has 5 rings (SSSR count). The van der Waals surface area contributed by atoms with Crippen molar-refractivity contribution < 1.29 is 38.1 Å². The number of hydrogen-bond donors (Lipinski definition) is 1. The zero-order valence-electron chi connectivity index (χ0n) is 24.5. The number of carbonyl (C=O) groups excluding carboxylic acids is 1. The number of rotatable bonds is 7. The maximum Gasteiger partial charge on any atom is 0.269 e. The van der Waals surface area contributed by atoms with E-state index >= 15 is 0 Å². The minimum absolute atomic E-state index is 0.104. The van der Waals surface area contributed by atoms with Crippen LogP contribution < -0.4 is 24.4 Å². The van der Waals surface area contributed by atoms with E-state index in [0.717, 1.165) is 37.7 Å². The number of fused-ring (bicyclic) bond motifs is 2. The van der Waals surface area contributed by atoms with E-state index in [9.17, 15) is 4.79 Å². The fraction of sp³-hybridized carbons (Fsp3) is 0.441. The lowest BCUT2D eigenvalue weighted by Gasteiger charge is -2.41. The van der Waals surface area contributed by atoms with Gasteiger partial charge in [0.15, 0.2) is 23.0 Å². The molecule has 0 spiro atoms. The van der Waals surface area contributed by atoms with Gasteiger partial charge in [0.05, 0.1) is 19.8 Å². The Morgan fingerprint density at radius 2 is 1.23 bits per heavy atom. The zero-order chi connectivity index (χ0) is 29.6. The molecule has 1 aliphatic carbocycles. The van der Waals surface area contributed by atoms with Crippen LogP contribution >= 0.6 is 0 Å². The van der Waals surface area contributed by atoms with Crippen LogP contribution in [0.4, 0.5) is 0 Å². The maximum atomic E-state index is 12.9. The molecule has 0 radical (unpaired) electrons. The summed E-state index contributed by atoms with van der Waals surface area (Å²) in [7, 11) is 0. The predicted octanol–water partition coefficient (Wildman–Crippen LogP) is 5.52. The molecule has 3 aromatic rings. The van der Waals surface area contributed by atoms with Crippen molar-refractivity contribution in [3.05, 3.63) is 84.4 Å². The van der Waals surface area contributed by atoms with E-state index in [0.29, 0.717) is 49.4 Å². The fourth-order valence-corrected chi connectivity index (χ4v) is 5.42. The Morgan fingerprint density at radius 3 is 1.81 bits per heavy atom. The van der Waals surface area contributed by atoms with Gasteiger partial charge in [-0.1, -0.05) is 73.9 Å². The highest BCUT2D eigenvalue weighted by molar-refractivity contribution is 5.76. The van der Waals surface area contributed by atoms with Gasteiger partial charge in [0.1, 0.15) is 38.6 Å². The number of carbonyl (C=O) groups is 1. The SMILES string of the molecule is O=C(COC1(C2CCCCC2)COc2ccccc2OCCOCCOc2ccccc2OC1)NOCc1ccccc1. The smallest absolute Gasteiger partial charge is 0.269 e. The number of hydroxylamine groups is 1. The highest BCUT2D eigenvalue weighted by atomic mass is 16.7. The summed E-state index contributed by atoms with van der Waals surface area (Å²) in [5, 5.41) is 0. The first-order valence-electron chi connectivity index (χ1n) is 15.1. The summed E-state index contributed by atoms with van der Waals surface area (Å²) in [5.74, 6) is 2.14. The summed E-state index contributed by atoms with van der Waals surface area (Å²) in [6.07, 6.45) is 5.18. The van der Waals surface area contributed by atoms with Gasteiger partial charge in [-0.15, -0.1) is 0 Å². The molecule has 0 bridgehead atoms. The molecular weight excluding hydrogens is 550 g/mol. The van der Waals surface area contributed by atoms with Crippen molar-refractivity contribution in [3.8, 4) is 23.0 Å². The highest BCUT2D eigenvalue weighted by Gasteiger charge is 2.43. The molecule has 0 atom stereocenters. The molecule has 3 aromatic carbocycles. The van der Waals surface area contributed by atoms with Gasteiger partial charge in [0.25, 0.3) is 5.91 Å². The maximum absolute atomic E-state index is 12.9. The van der Waals surface area contributed by atoms with E-state index in [1.165, 1.54) is 0 Å². The third-order valence-electron chi connectivity index (χ3n) is 7.72. The number of benzene rings is 3.